The van der Waals surface area contributed by atoms with Crippen LogP contribution in [0, 0.1) is 0 Å². The predicted octanol–water partition coefficient (Wildman–Crippen LogP) is 6.48. The van der Waals surface area contributed by atoms with Crippen molar-refractivity contribution < 1.29 is 14.3 Å². The van der Waals surface area contributed by atoms with Crippen LogP contribution in [0.5, 0.6) is 11.5 Å². The molecule has 156 valence electrons. The average Bonchev–Trinajstić information content (AvgIpc) is 3.10. The molecule has 0 bridgehead atoms. The SMILES string of the molecule is COc1ccc(/C=C2\C=C(c3ccc(Cl)cc3)N(c3ccccc3Cl)C2=O)cc1OC. The van der Waals surface area contributed by atoms with E-state index in [0.717, 1.165) is 16.8 Å². The third-order valence-corrected chi connectivity index (χ3v) is 5.52. The summed E-state index contributed by atoms with van der Waals surface area (Å²) in [5.74, 6) is 1.04. The van der Waals surface area contributed by atoms with Crippen molar-refractivity contribution in [1.29, 1.82) is 0 Å². The number of nitrogens with zero attached hydrogens (tertiary/aromatic N) is 1. The van der Waals surface area contributed by atoms with E-state index in [0.29, 0.717) is 32.8 Å². The third kappa shape index (κ3) is 4.18. The Labute approximate surface area is 190 Å². The van der Waals surface area contributed by atoms with Gasteiger partial charge in [-0.15, -0.1) is 0 Å². The van der Waals surface area contributed by atoms with Gasteiger partial charge < -0.3 is 9.47 Å². The summed E-state index contributed by atoms with van der Waals surface area (Å²) in [5.41, 5.74) is 3.53. The molecule has 1 amide bonds. The minimum Gasteiger partial charge on any atom is -0.493 e. The van der Waals surface area contributed by atoms with E-state index in [1.807, 2.05) is 54.6 Å². The van der Waals surface area contributed by atoms with Gasteiger partial charge in [-0.2, -0.15) is 0 Å². The van der Waals surface area contributed by atoms with Crippen molar-refractivity contribution in [3.05, 3.63) is 99.6 Å². The van der Waals surface area contributed by atoms with E-state index >= 15 is 0 Å². The van der Waals surface area contributed by atoms with Gasteiger partial charge in [0, 0.05) is 10.6 Å². The number of benzene rings is 3. The second-order valence-corrected chi connectivity index (χ2v) is 7.69. The first-order valence-corrected chi connectivity index (χ1v) is 10.3. The van der Waals surface area contributed by atoms with Crippen LogP contribution in [-0.4, -0.2) is 20.1 Å². The Balaban J connectivity index is 1.82. The minimum atomic E-state index is -0.173. The number of halogens is 2. The molecule has 0 fully saturated rings. The molecule has 1 aliphatic rings. The second-order valence-electron chi connectivity index (χ2n) is 6.84. The average molecular weight is 452 g/mol. The summed E-state index contributed by atoms with van der Waals surface area (Å²) < 4.78 is 10.7. The van der Waals surface area contributed by atoms with Gasteiger partial charge >= 0.3 is 0 Å². The molecule has 3 aromatic rings. The van der Waals surface area contributed by atoms with Crippen LogP contribution in [0.4, 0.5) is 5.69 Å². The number of anilines is 1. The van der Waals surface area contributed by atoms with Crippen molar-refractivity contribution in [2.75, 3.05) is 19.1 Å². The number of para-hydroxylation sites is 1. The lowest BCUT2D eigenvalue weighted by Gasteiger charge is -2.22. The molecule has 0 aliphatic carbocycles. The molecule has 6 heteroatoms. The molecule has 3 aromatic carbocycles. The van der Waals surface area contributed by atoms with Gasteiger partial charge in [0.25, 0.3) is 5.91 Å². The summed E-state index contributed by atoms with van der Waals surface area (Å²) in [6, 6.07) is 20.1. The summed E-state index contributed by atoms with van der Waals surface area (Å²) in [5, 5.41) is 1.11. The number of ether oxygens (including phenoxy) is 2. The highest BCUT2D eigenvalue weighted by Gasteiger charge is 2.31. The molecule has 0 spiro atoms. The molecule has 1 heterocycles. The van der Waals surface area contributed by atoms with E-state index < -0.39 is 0 Å². The zero-order valence-electron chi connectivity index (χ0n) is 16.9. The lowest BCUT2D eigenvalue weighted by Crippen LogP contribution is -2.25. The van der Waals surface area contributed by atoms with Crippen LogP contribution in [0.25, 0.3) is 11.8 Å². The van der Waals surface area contributed by atoms with Crippen LogP contribution in [0.2, 0.25) is 10.0 Å². The van der Waals surface area contributed by atoms with Gasteiger partial charge in [-0.25, -0.2) is 0 Å². The smallest absolute Gasteiger partial charge is 0.262 e. The van der Waals surface area contributed by atoms with E-state index in [9.17, 15) is 4.79 Å². The summed E-state index contributed by atoms with van der Waals surface area (Å²) in [6.45, 7) is 0. The Kier molecular flexibility index (Phi) is 6.03. The largest absolute Gasteiger partial charge is 0.493 e. The van der Waals surface area contributed by atoms with Crippen molar-refractivity contribution in [3.63, 3.8) is 0 Å². The lowest BCUT2D eigenvalue weighted by molar-refractivity contribution is -0.113. The van der Waals surface area contributed by atoms with Crippen LogP contribution < -0.4 is 14.4 Å². The fourth-order valence-corrected chi connectivity index (χ4v) is 3.79. The van der Waals surface area contributed by atoms with Crippen LogP contribution in [-0.2, 0) is 4.79 Å². The third-order valence-electron chi connectivity index (χ3n) is 4.95. The first-order valence-electron chi connectivity index (χ1n) is 9.52. The highest BCUT2D eigenvalue weighted by atomic mass is 35.5. The van der Waals surface area contributed by atoms with Crippen molar-refractivity contribution in [1.82, 2.24) is 0 Å². The second kappa shape index (κ2) is 8.88. The lowest BCUT2D eigenvalue weighted by atomic mass is 10.1. The molecule has 31 heavy (non-hydrogen) atoms. The van der Waals surface area contributed by atoms with E-state index in [1.54, 1.807) is 43.4 Å². The van der Waals surface area contributed by atoms with Gasteiger partial charge in [0.1, 0.15) is 0 Å². The number of hydrogen-bond donors (Lipinski definition) is 0. The molecule has 0 saturated carbocycles. The summed E-state index contributed by atoms with van der Waals surface area (Å²) >= 11 is 12.5. The molecule has 0 atom stereocenters. The standard InChI is InChI=1S/C25H19Cl2NO3/c1-30-23-12-7-16(14-24(23)31-2)13-18-15-22(17-8-10-19(26)11-9-17)28(25(18)29)21-6-4-3-5-20(21)27/h3-15H,1-2H3/b18-13+. The van der Waals surface area contributed by atoms with E-state index in [2.05, 4.69) is 0 Å². The molecular formula is C25H19Cl2NO3. The highest BCUT2D eigenvalue weighted by molar-refractivity contribution is 6.35. The molecule has 4 nitrogen and oxygen atoms in total. The van der Waals surface area contributed by atoms with Crippen LogP contribution in [0.15, 0.2) is 78.4 Å². The maximum atomic E-state index is 13.5. The Morgan fingerprint density at radius 2 is 1.58 bits per heavy atom. The molecule has 0 aromatic heterocycles. The van der Waals surface area contributed by atoms with Crippen molar-refractivity contribution >= 4 is 46.6 Å². The van der Waals surface area contributed by atoms with Gasteiger partial charge in [-0.1, -0.05) is 53.5 Å². The number of rotatable bonds is 5. The van der Waals surface area contributed by atoms with Crippen molar-refractivity contribution in [2.24, 2.45) is 0 Å². The highest BCUT2D eigenvalue weighted by Crippen LogP contribution is 2.39. The van der Waals surface area contributed by atoms with Crippen LogP contribution >= 0.6 is 23.2 Å². The maximum absolute atomic E-state index is 13.5. The quantitative estimate of drug-likeness (QED) is 0.416. The zero-order chi connectivity index (χ0) is 22.0. The monoisotopic (exact) mass is 451 g/mol. The summed E-state index contributed by atoms with van der Waals surface area (Å²) in [7, 11) is 3.16. The van der Waals surface area contributed by atoms with Gasteiger partial charge in [-0.05, 0) is 59.7 Å². The number of carbonyl (C=O) groups excluding carboxylic acids is 1. The van der Waals surface area contributed by atoms with Crippen LogP contribution in [0.1, 0.15) is 11.1 Å². The Bertz CT molecular complexity index is 1200. The van der Waals surface area contributed by atoms with Gasteiger partial charge in [-0.3, -0.25) is 9.69 Å². The Hall–Kier alpha value is -3.21. The molecule has 4 rings (SSSR count). The number of methoxy groups -OCH3 is 2. The molecule has 1 aliphatic heterocycles. The number of hydrogen-bond acceptors (Lipinski definition) is 3. The van der Waals surface area contributed by atoms with E-state index in [-0.39, 0.29) is 5.91 Å². The normalized spacial score (nSPS) is 14.7. The summed E-state index contributed by atoms with van der Waals surface area (Å²) in [6.07, 6.45) is 3.67. The zero-order valence-corrected chi connectivity index (χ0v) is 18.4. The van der Waals surface area contributed by atoms with Crippen molar-refractivity contribution in [2.45, 2.75) is 0 Å². The fraction of sp³-hybridized carbons (Fsp3) is 0.0800. The van der Waals surface area contributed by atoms with Crippen LogP contribution in [0.3, 0.4) is 0 Å². The molecule has 0 N–H and O–H groups in total. The minimum absolute atomic E-state index is 0.173. The van der Waals surface area contributed by atoms with Crippen molar-refractivity contribution in [3.8, 4) is 11.5 Å². The van der Waals surface area contributed by atoms with Gasteiger partial charge in [0.15, 0.2) is 11.5 Å². The number of amides is 1. The predicted molar refractivity (Wildman–Crippen MR) is 126 cm³/mol. The Morgan fingerprint density at radius 3 is 2.26 bits per heavy atom. The summed E-state index contributed by atoms with van der Waals surface area (Å²) in [4.78, 5) is 15.1. The maximum Gasteiger partial charge on any atom is 0.262 e. The molecule has 0 unspecified atom stereocenters. The molecule has 0 saturated heterocycles. The van der Waals surface area contributed by atoms with E-state index in [1.165, 1.54) is 0 Å². The molecule has 0 radical (unpaired) electrons. The first-order chi connectivity index (χ1) is 15.0. The van der Waals surface area contributed by atoms with E-state index in [4.69, 9.17) is 32.7 Å². The van der Waals surface area contributed by atoms with Gasteiger partial charge in [0.2, 0.25) is 0 Å². The molecular weight excluding hydrogens is 433 g/mol. The topological polar surface area (TPSA) is 38.8 Å². The fourth-order valence-electron chi connectivity index (χ4n) is 3.44. The number of carbonyl (C=O) groups is 1. The first kappa shape index (κ1) is 21.0. The Morgan fingerprint density at radius 1 is 0.871 bits per heavy atom. The van der Waals surface area contributed by atoms with Gasteiger partial charge in [0.05, 0.1) is 30.6 Å².